The van der Waals surface area contributed by atoms with E-state index in [1.54, 1.807) is 32.5 Å². The fourth-order valence-corrected chi connectivity index (χ4v) is 5.89. The number of hydrogen-bond acceptors (Lipinski definition) is 11. The summed E-state index contributed by atoms with van der Waals surface area (Å²) in [6.45, 7) is 11.7. The van der Waals surface area contributed by atoms with Crippen LogP contribution in [0.15, 0.2) is 82.3 Å². The van der Waals surface area contributed by atoms with Gasteiger partial charge in [0.2, 0.25) is 0 Å². The first kappa shape index (κ1) is 39.4. The van der Waals surface area contributed by atoms with Gasteiger partial charge in [-0.25, -0.2) is 0 Å². The van der Waals surface area contributed by atoms with Crippen LogP contribution in [0.2, 0.25) is 0 Å². The van der Waals surface area contributed by atoms with Gasteiger partial charge < -0.3 is 32.8 Å². The van der Waals surface area contributed by atoms with Gasteiger partial charge in [-0.1, -0.05) is 12.1 Å². The van der Waals surface area contributed by atoms with E-state index in [1.807, 2.05) is 62.5 Å². The summed E-state index contributed by atoms with van der Waals surface area (Å²) in [6.07, 6.45) is 5.30. The molecular weight excluding hydrogens is 674 g/mol. The second-order valence-corrected chi connectivity index (χ2v) is 12.8. The summed E-state index contributed by atoms with van der Waals surface area (Å²) in [5, 5.41) is 0.564. The standard InChI is InChI=1S/C42H51N3O8/c1-30-27-44-37(32(3)42(30)52-22-9-20-48-5)29-45(28-36-31(2)39(16-17-43-36)51-21-8-19-47-4)18-23-49-24-25-50-34-14-12-33(13-15-34)41-26-38(46)35-10-6-7-11-40(35)53-41/h6-7,10-17,26-27H,8-9,18-25,28-29H2,1-5H3. The van der Waals surface area contributed by atoms with Crippen molar-refractivity contribution in [1.29, 1.82) is 0 Å². The molecule has 0 amide bonds. The Morgan fingerprint density at radius 3 is 2.19 bits per heavy atom. The van der Waals surface area contributed by atoms with Crippen molar-refractivity contribution in [3.63, 3.8) is 0 Å². The van der Waals surface area contributed by atoms with Gasteiger partial charge in [-0.2, -0.15) is 0 Å². The van der Waals surface area contributed by atoms with Gasteiger partial charge in [0.05, 0.1) is 43.2 Å². The van der Waals surface area contributed by atoms with Crippen LogP contribution in [0.25, 0.3) is 22.3 Å². The highest BCUT2D eigenvalue weighted by atomic mass is 16.5. The van der Waals surface area contributed by atoms with Gasteiger partial charge in [-0.05, 0) is 63.2 Å². The molecule has 53 heavy (non-hydrogen) atoms. The Morgan fingerprint density at radius 1 is 0.717 bits per heavy atom. The van der Waals surface area contributed by atoms with E-state index in [2.05, 4.69) is 11.8 Å². The highest BCUT2D eigenvalue weighted by Crippen LogP contribution is 2.28. The number of rotatable bonds is 22. The molecule has 3 aromatic heterocycles. The SMILES string of the molecule is COCCCOc1ccnc(CN(CCOCCOc2ccc(-c3cc(=O)c4ccccc4o3)cc2)Cc2ncc(C)c(OCCCOC)c2C)c1C. The van der Waals surface area contributed by atoms with Crippen molar-refractivity contribution in [2.24, 2.45) is 0 Å². The van der Waals surface area contributed by atoms with Crippen LogP contribution < -0.4 is 19.6 Å². The lowest BCUT2D eigenvalue weighted by Gasteiger charge is -2.24. The summed E-state index contributed by atoms with van der Waals surface area (Å²) < 4.78 is 40.6. The minimum atomic E-state index is -0.0710. The molecule has 3 heterocycles. The Hall–Kier alpha value is -4.81. The molecule has 11 heteroatoms. The summed E-state index contributed by atoms with van der Waals surface area (Å²) in [7, 11) is 3.39. The largest absolute Gasteiger partial charge is 0.493 e. The Balaban J connectivity index is 1.19. The first-order chi connectivity index (χ1) is 25.9. The van der Waals surface area contributed by atoms with Crippen molar-refractivity contribution in [2.45, 2.75) is 46.7 Å². The normalized spacial score (nSPS) is 11.4. The third-order valence-corrected chi connectivity index (χ3v) is 8.86. The fraction of sp³-hybridized carbons (Fsp3) is 0.405. The zero-order valence-electron chi connectivity index (χ0n) is 31.5. The number of fused-ring (bicyclic) bond motifs is 1. The first-order valence-corrected chi connectivity index (χ1v) is 18.1. The Labute approximate surface area is 311 Å². The first-order valence-electron chi connectivity index (χ1n) is 18.1. The minimum Gasteiger partial charge on any atom is -0.493 e. The lowest BCUT2D eigenvalue weighted by atomic mass is 10.1. The maximum absolute atomic E-state index is 12.5. The molecule has 0 radical (unpaired) electrons. The molecular formula is C42H51N3O8. The van der Waals surface area contributed by atoms with E-state index in [0.29, 0.717) is 88.4 Å². The van der Waals surface area contributed by atoms with Crippen molar-refractivity contribution >= 4 is 11.0 Å². The Bertz CT molecular complexity index is 1950. The van der Waals surface area contributed by atoms with Crippen molar-refractivity contribution in [3.8, 4) is 28.6 Å². The van der Waals surface area contributed by atoms with Crippen molar-refractivity contribution in [3.05, 3.63) is 111 Å². The molecule has 5 aromatic rings. The molecule has 2 aromatic carbocycles. The van der Waals surface area contributed by atoms with Gasteiger partial charge in [0, 0.05) is 101 Å². The van der Waals surface area contributed by atoms with Crippen LogP contribution in [-0.2, 0) is 27.3 Å². The Kier molecular flexibility index (Phi) is 15.2. The monoisotopic (exact) mass is 725 g/mol. The number of pyridine rings is 2. The molecule has 0 fully saturated rings. The summed E-state index contributed by atoms with van der Waals surface area (Å²) in [6, 6.07) is 18.2. The van der Waals surface area contributed by atoms with Gasteiger partial charge in [0.25, 0.3) is 0 Å². The molecule has 0 unspecified atom stereocenters. The average Bonchev–Trinajstić information content (AvgIpc) is 3.17. The molecule has 0 aliphatic heterocycles. The molecule has 0 aliphatic carbocycles. The zero-order valence-corrected chi connectivity index (χ0v) is 31.5. The van der Waals surface area contributed by atoms with Crippen LogP contribution in [-0.4, -0.2) is 81.9 Å². The molecule has 0 N–H and O–H groups in total. The van der Waals surface area contributed by atoms with E-state index in [9.17, 15) is 4.79 Å². The van der Waals surface area contributed by atoms with E-state index in [4.69, 9.17) is 42.8 Å². The van der Waals surface area contributed by atoms with Gasteiger partial charge in [-0.3, -0.25) is 19.7 Å². The second kappa shape index (κ2) is 20.4. The number of para-hydroxylation sites is 1. The van der Waals surface area contributed by atoms with Gasteiger partial charge >= 0.3 is 0 Å². The van der Waals surface area contributed by atoms with E-state index in [1.165, 1.54) is 6.07 Å². The second-order valence-electron chi connectivity index (χ2n) is 12.8. The highest BCUT2D eigenvalue weighted by molar-refractivity contribution is 5.78. The Morgan fingerprint density at radius 2 is 1.43 bits per heavy atom. The minimum absolute atomic E-state index is 0.0710. The highest BCUT2D eigenvalue weighted by Gasteiger charge is 2.17. The van der Waals surface area contributed by atoms with Gasteiger partial charge in [-0.15, -0.1) is 0 Å². The number of aromatic nitrogens is 2. The van der Waals surface area contributed by atoms with Crippen molar-refractivity contribution in [1.82, 2.24) is 14.9 Å². The van der Waals surface area contributed by atoms with Crippen molar-refractivity contribution < 1.29 is 32.8 Å². The number of aryl methyl sites for hydroxylation is 1. The number of hydrogen-bond donors (Lipinski definition) is 0. The molecule has 0 bridgehead atoms. The quantitative estimate of drug-likeness (QED) is 0.0681. The molecule has 282 valence electrons. The number of benzene rings is 2. The molecule has 5 rings (SSSR count). The maximum Gasteiger partial charge on any atom is 0.193 e. The van der Waals surface area contributed by atoms with Crippen LogP contribution in [0.3, 0.4) is 0 Å². The van der Waals surface area contributed by atoms with Crippen LogP contribution in [0.4, 0.5) is 0 Å². The lowest BCUT2D eigenvalue weighted by Crippen LogP contribution is -2.29. The van der Waals surface area contributed by atoms with Crippen LogP contribution in [0.5, 0.6) is 17.2 Å². The maximum atomic E-state index is 12.5. The van der Waals surface area contributed by atoms with Crippen LogP contribution in [0, 0.1) is 20.8 Å². The van der Waals surface area contributed by atoms with E-state index < -0.39 is 0 Å². The van der Waals surface area contributed by atoms with Crippen LogP contribution in [0.1, 0.15) is 40.9 Å². The van der Waals surface area contributed by atoms with Crippen LogP contribution >= 0.6 is 0 Å². The third-order valence-electron chi connectivity index (χ3n) is 8.86. The topological polar surface area (TPSA) is 115 Å². The van der Waals surface area contributed by atoms with Gasteiger partial charge in [0.15, 0.2) is 5.43 Å². The molecule has 0 saturated carbocycles. The number of methoxy groups -OCH3 is 2. The molecule has 0 spiro atoms. The summed E-state index contributed by atoms with van der Waals surface area (Å²) in [5.41, 5.74) is 6.20. The average molecular weight is 726 g/mol. The molecule has 11 nitrogen and oxygen atoms in total. The summed E-state index contributed by atoms with van der Waals surface area (Å²) in [4.78, 5) is 24.4. The molecule has 0 saturated heterocycles. The number of nitrogens with zero attached hydrogens (tertiary/aromatic N) is 3. The van der Waals surface area contributed by atoms with E-state index >= 15 is 0 Å². The number of ether oxygens (including phenoxy) is 6. The third kappa shape index (κ3) is 11.3. The van der Waals surface area contributed by atoms with Gasteiger partial charge in [0.1, 0.15) is 35.2 Å². The molecule has 0 atom stereocenters. The predicted molar refractivity (Wildman–Crippen MR) is 205 cm³/mol. The fourth-order valence-electron chi connectivity index (χ4n) is 5.89. The zero-order chi connectivity index (χ0) is 37.4. The predicted octanol–water partition coefficient (Wildman–Crippen LogP) is 7.10. The summed E-state index contributed by atoms with van der Waals surface area (Å²) >= 11 is 0. The molecule has 0 aliphatic rings. The van der Waals surface area contributed by atoms with E-state index in [0.717, 1.165) is 58.0 Å². The van der Waals surface area contributed by atoms with E-state index in [-0.39, 0.29) is 5.43 Å². The lowest BCUT2D eigenvalue weighted by molar-refractivity contribution is 0.0752. The smallest absolute Gasteiger partial charge is 0.193 e. The summed E-state index contributed by atoms with van der Waals surface area (Å²) in [5.74, 6) is 2.91. The van der Waals surface area contributed by atoms with Crippen molar-refractivity contribution in [2.75, 3.05) is 67.0 Å².